The van der Waals surface area contributed by atoms with Crippen LogP contribution in [0.1, 0.15) is 18.9 Å². The van der Waals surface area contributed by atoms with E-state index in [0.717, 1.165) is 16.7 Å². The molecule has 2 aromatic rings. The quantitative estimate of drug-likeness (QED) is 0.599. The Balaban J connectivity index is 2.27. The first-order valence-corrected chi connectivity index (χ1v) is 6.21. The number of nitro groups is 1. The number of hydrogen-bond acceptors (Lipinski definition) is 2. The summed E-state index contributed by atoms with van der Waals surface area (Å²) in [5.41, 5.74) is 3.33. The molecule has 2 rings (SSSR count). The van der Waals surface area contributed by atoms with Gasteiger partial charge in [0.1, 0.15) is 0 Å². The lowest BCUT2D eigenvalue weighted by Crippen LogP contribution is -1.96. The Hall–Kier alpha value is -2.42. The van der Waals surface area contributed by atoms with Gasteiger partial charge in [-0.1, -0.05) is 61.5 Å². The van der Waals surface area contributed by atoms with Crippen molar-refractivity contribution < 1.29 is 4.92 Å². The maximum atomic E-state index is 10.8. The van der Waals surface area contributed by atoms with Gasteiger partial charge in [-0.15, -0.1) is 0 Å². The fourth-order valence-electron chi connectivity index (χ4n) is 1.88. The van der Waals surface area contributed by atoms with Gasteiger partial charge in [0.25, 0.3) is 0 Å². The minimum Gasteiger partial charge on any atom is -0.259 e. The Kier molecular flexibility index (Phi) is 4.08. The second kappa shape index (κ2) is 5.96. The summed E-state index contributed by atoms with van der Waals surface area (Å²) in [5, 5.41) is 10.8. The molecule has 0 aliphatic carbocycles. The van der Waals surface area contributed by atoms with Gasteiger partial charge in [0.2, 0.25) is 5.70 Å². The number of hydrogen-bond donors (Lipinski definition) is 0. The Labute approximate surface area is 112 Å². The number of benzene rings is 2. The third-order valence-electron chi connectivity index (χ3n) is 2.95. The Morgan fingerprint density at radius 2 is 1.63 bits per heavy atom. The van der Waals surface area contributed by atoms with Gasteiger partial charge in [-0.2, -0.15) is 0 Å². The average Bonchev–Trinajstić information content (AvgIpc) is 2.46. The zero-order valence-electron chi connectivity index (χ0n) is 10.7. The molecule has 0 spiro atoms. The molecule has 0 bridgehead atoms. The van der Waals surface area contributed by atoms with Crippen LogP contribution in [0.3, 0.4) is 0 Å². The van der Waals surface area contributed by atoms with Gasteiger partial charge in [-0.25, -0.2) is 0 Å². The van der Waals surface area contributed by atoms with Crippen molar-refractivity contribution in [1.82, 2.24) is 0 Å². The topological polar surface area (TPSA) is 43.1 Å². The van der Waals surface area contributed by atoms with Crippen LogP contribution >= 0.6 is 0 Å². The zero-order valence-corrected chi connectivity index (χ0v) is 10.7. The first-order valence-electron chi connectivity index (χ1n) is 6.21. The Morgan fingerprint density at radius 1 is 1.05 bits per heavy atom. The van der Waals surface area contributed by atoms with E-state index >= 15 is 0 Å². The molecule has 0 saturated carbocycles. The summed E-state index contributed by atoms with van der Waals surface area (Å²) in [6.07, 6.45) is 2.04. The molecular formula is C16H15NO2. The lowest BCUT2D eigenvalue weighted by Gasteiger charge is -2.02. The summed E-state index contributed by atoms with van der Waals surface area (Å²) >= 11 is 0. The lowest BCUT2D eigenvalue weighted by atomic mass is 10.0. The molecule has 0 N–H and O–H groups in total. The second-order valence-corrected chi connectivity index (χ2v) is 4.23. The van der Waals surface area contributed by atoms with Crippen LogP contribution in [0.15, 0.2) is 60.3 Å². The molecule has 2 aromatic carbocycles. The fraction of sp³-hybridized carbons (Fsp3) is 0.125. The third kappa shape index (κ3) is 3.28. The van der Waals surface area contributed by atoms with Crippen molar-refractivity contribution >= 4 is 6.08 Å². The van der Waals surface area contributed by atoms with Crippen molar-refractivity contribution in [3.63, 3.8) is 0 Å². The van der Waals surface area contributed by atoms with Crippen molar-refractivity contribution in [1.29, 1.82) is 0 Å². The maximum absolute atomic E-state index is 10.8. The van der Waals surface area contributed by atoms with Gasteiger partial charge in [0.05, 0.1) is 4.92 Å². The smallest absolute Gasteiger partial charge is 0.246 e. The molecule has 0 amide bonds. The van der Waals surface area contributed by atoms with E-state index in [-0.39, 0.29) is 10.6 Å². The highest BCUT2D eigenvalue weighted by molar-refractivity contribution is 5.65. The molecule has 0 fully saturated rings. The van der Waals surface area contributed by atoms with E-state index in [4.69, 9.17) is 0 Å². The van der Waals surface area contributed by atoms with Crippen molar-refractivity contribution in [3.8, 4) is 11.1 Å². The number of rotatable bonds is 4. The van der Waals surface area contributed by atoms with Crippen LogP contribution in [0.4, 0.5) is 0 Å². The monoisotopic (exact) mass is 253 g/mol. The molecule has 19 heavy (non-hydrogen) atoms. The highest BCUT2D eigenvalue weighted by atomic mass is 16.6. The van der Waals surface area contributed by atoms with Gasteiger partial charge in [0.15, 0.2) is 0 Å². The molecule has 0 aliphatic heterocycles. The van der Waals surface area contributed by atoms with Gasteiger partial charge < -0.3 is 0 Å². The summed E-state index contributed by atoms with van der Waals surface area (Å²) < 4.78 is 0. The summed E-state index contributed by atoms with van der Waals surface area (Å²) in [7, 11) is 0. The Bertz CT molecular complexity index is 586. The molecule has 0 unspecified atom stereocenters. The molecule has 0 heterocycles. The second-order valence-electron chi connectivity index (χ2n) is 4.23. The predicted octanol–water partition coefficient (Wildman–Crippen LogP) is 4.38. The van der Waals surface area contributed by atoms with Crippen LogP contribution in [0.25, 0.3) is 17.2 Å². The van der Waals surface area contributed by atoms with Crippen LogP contribution < -0.4 is 0 Å². The molecule has 0 aliphatic rings. The minimum absolute atomic E-state index is 0.229. The van der Waals surface area contributed by atoms with E-state index in [2.05, 4.69) is 0 Å². The van der Waals surface area contributed by atoms with Gasteiger partial charge in [-0.05, 0) is 16.7 Å². The van der Waals surface area contributed by atoms with E-state index in [1.54, 1.807) is 13.0 Å². The maximum Gasteiger partial charge on any atom is 0.246 e. The standard InChI is InChI=1S/C16H15NO2/c1-2-16(17(18)19)12-13-8-10-15(11-9-13)14-6-4-3-5-7-14/h3-12H,2H2,1H3. The highest BCUT2D eigenvalue weighted by Gasteiger charge is 2.06. The van der Waals surface area contributed by atoms with E-state index in [0.29, 0.717) is 6.42 Å². The molecule has 0 aromatic heterocycles. The summed E-state index contributed by atoms with van der Waals surface area (Å²) in [6, 6.07) is 17.8. The van der Waals surface area contributed by atoms with E-state index in [9.17, 15) is 10.1 Å². The SMILES string of the molecule is CCC(=Cc1ccc(-c2ccccc2)cc1)[N+](=O)[O-]. The summed E-state index contributed by atoms with van der Waals surface area (Å²) in [4.78, 5) is 10.4. The van der Waals surface area contributed by atoms with Crippen molar-refractivity contribution in [2.24, 2.45) is 0 Å². The van der Waals surface area contributed by atoms with Crippen LogP contribution in [0.2, 0.25) is 0 Å². The molecular weight excluding hydrogens is 238 g/mol. The van der Waals surface area contributed by atoms with Crippen molar-refractivity contribution in [2.75, 3.05) is 0 Å². The predicted molar refractivity (Wildman–Crippen MR) is 77.1 cm³/mol. The molecule has 3 nitrogen and oxygen atoms in total. The van der Waals surface area contributed by atoms with E-state index < -0.39 is 0 Å². The zero-order chi connectivity index (χ0) is 13.7. The summed E-state index contributed by atoms with van der Waals surface area (Å²) in [6.45, 7) is 1.78. The van der Waals surface area contributed by atoms with Gasteiger partial charge >= 0.3 is 0 Å². The highest BCUT2D eigenvalue weighted by Crippen LogP contribution is 2.20. The van der Waals surface area contributed by atoms with Crippen LogP contribution in [-0.4, -0.2) is 4.92 Å². The largest absolute Gasteiger partial charge is 0.259 e. The minimum atomic E-state index is -0.328. The molecule has 0 atom stereocenters. The van der Waals surface area contributed by atoms with Crippen molar-refractivity contribution in [2.45, 2.75) is 13.3 Å². The lowest BCUT2D eigenvalue weighted by molar-refractivity contribution is -0.425. The van der Waals surface area contributed by atoms with Gasteiger partial charge in [0, 0.05) is 12.5 Å². The fourth-order valence-corrected chi connectivity index (χ4v) is 1.88. The first-order chi connectivity index (χ1) is 9.20. The third-order valence-corrected chi connectivity index (χ3v) is 2.95. The molecule has 0 saturated heterocycles. The average molecular weight is 253 g/mol. The molecule has 3 heteroatoms. The van der Waals surface area contributed by atoms with Gasteiger partial charge in [-0.3, -0.25) is 10.1 Å². The Morgan fingerprint density at radius 3 is 2.16 bits per heavy atom. The van der Waals surface area contributed by atoms with Crippen LogP contribution in [0, 0.1) is 10.1 Å². The summed E-state index contributed by atoms with van der Waals surface area (Å²) in [5.74, 6) is 0. The number of nitrogens with zero attached hydrogens (tertiary/aromatic N) is 1. The number of allylic oxidation sites excluding steroid dienone is 1. The van der Waals surface area contributed by atoms with Crippen LogP contribution in [0.5, 0.6) is 0 Å². The molecule has 96 valence electrons. The van der Waals surface area contributed by atoms with E-state index in [1.165, 1.54) is 0 Å². The van der Waals surface area contributed by atoms with Crippen LogP contribution in [-0.2, 0) is 0 Å². The first kappa shape index (κ1) is 13.0. The normalized spacial score (nSPS) is 11.3. The molecule has 0 radical (unpaired) electrons. The van der Waals surface area contributed by atoms with Crippen molar-refractivity contribution in [3.05, 3.63) is 76.0 Å². The van der Waals surface area contributed by atoms with E-state index in [1.807, 2.05) is 54.6 Å².